The Bertz CT molecular complexity index is 987. The summed E-state index contributed by atoms with van der Waals surface area (Å²) >= 11 is 0. The maximum atomic E-state index is 12.5. The summed E-state index contributed by atoms with van der Waals surface area (Å²) < 4.78 is 1.79. The van der Waals surface area contributed by atoms with Crippen LogP contribution < -0.4 is 10.6 Å². The lowest BCUT2D eigenvalue weighted by Gasteiger charge is -2.21. The molecule has 1 heterocycles. The first kappa shape index (κ1) is 20.3. The van der Waals surface area contributed by atoms with E-state index < -0.39 is 0 Å². The van der Waals surface area contributed by atoms with E-state index in [1.807, 2.05) is 57.3 Å². The van der Waals surface area contributed by atoms with Crippen molar-refractivity contribution in [1.29, 1.82) is 0 Å². The molecule has 0 radical (unpaired) electrons. The van der Waals surface area contributed by atoms with E-state index in [0.29, 0.717) is 24.1 Å². The number of amides is 2. The molecule has 0 aliphatic carbocycles. The summed E-state index contributed by atoms with van der Waals surface area (Å²) in [4.78, 5) is 25.0. The Morgan fingerprint density at radius 3 is 2.41 bits per heavy atom. The van der Waals surface area contributed by atoms with Gasteiger partial charge in [0.05, 0.1) is 23.1 Å². The smallest absolute Gasteiger partial charge is 0.253 e. The number of aromatic nitrogens is 2. The molecular weight excluding hydrogens is 364 g/mol. The van der Waals surface area contributed by atoms with E-state index in [1.54, 1.807) is 35.1 Å². The average molecular weight is 390 g/mol. The number of benzene rings is 2. The Labute approximate surface area is 170 Å². The number of hydrogen-bond acceptors (Lipinski definition) is 3. The molecule has 1 aromatic heterocycles. The van der Waals surface area contributed by atoms with Gasteiger partial charge in [-0.15, -0.1) is 0 Å². The Balaban J connectivity index is 1.61. The summed E-state index contributed by atoms with van der Waals surface area (Å²) in [6, 6.07) is 16.8. The highest BCUT2D eigenvalue weighted by atomic mass is 16.2. The molecule has 3 rings (SSSR count). The molecule has 0 atom stereocenters. The molecule has 0 unspecified atom stereocenters. The Hall–Kier alpha value is -3.41. The Morgan fingerprint density at radius 1 is 1.00 bits per heavy atom. The number of nitrogens with one attached hydrogen (secondary N) is 2. The second-order valence-electron chi connectivity index (χ2n) is 7.93. The zero-order chi connectivity index (χ0) is 20.9. The van der Waals surface area contributed by atoms with Gasteiger partial charge in [-0.05, 0) is 57.0 Å². The van der Waals surface area contributed by atoms with Crippen LogP contribution in [0.2, 0.25) is 0 Å². The normalized spacial score (nSPS) is 11.1. The van der Waals surface area contributed by atoms with Crippen LogP contribution in [0.3, 0.4) is 0 Å². The summed E-state index contributed by atoms with van der Waals surface area (Å²) in [6.07, 6.45) is 4.56. The van der Waals surface area contributed by atoms with Gasteiger partial charge in [-0.2, -0.15) is 5.10 Å². The molecule has 2 aromatic carbocycles. The predicted octanol–water partition coefficient (Wildman–Crippen LogP) is 3.97. The van der Waals surface area contributed by atoms with Crippen LogP contribution in [-0.2, 0) is 11.2 Å². The number of rotatable bonds is 6. The molecule has 0 saturated heterocycles. The standard InChI is InChI=1S/C23H26N4O2/c1-23(2,3)26-22(29)19-11-7-8-12-20(19)25-21(28)14-13-17-15-24-27(16-17)18-9-5-4-6-10-18/h4-12,15-16H,13-14H2,1-3H3,(H,25,28)(H,26,29). The second kappa shape index (κ2) is 8.73. The van der Waals surface area contributed by atoms with Gasteiger partial charge in [0.15, 0.2) is 0 Å². The van der Waals surface area contributed by atoms with Crippen LogP contribution in [0.4, 0.5) is 5.69 Å². The summed E-state index contributed by atoms with van der Waals surface area (Å²) in [6.45, 7) is 5.76. The van der Waals surface area contributed by atoms with Gasteiger partial charge in [0.1, 0.15) is 0 Å². The number of aryl methyl sites for hydroxylation is 1. The highest BCUT2D eigenvalue weighted by molar-refractivity contribution is 6.04. The summed E-state index contributed by atoms with van der Waals surface area (Å²) in [5, 5.41) is 10.1. The molecule has 2 N–H and O–H groups in total. The fourth-order valence-corrected chi connectivity index (χ4v) is 2.88. The number of anilines is 1. The van der Waals surface area contributed by atoms with Gasteiger partial charge in [-0.3, -0.25) is 9.59 Å². The van der Waals surface area contributed by atoms with Gasteiger partial charge in [-0.25, -0.2) is 4.68 Å². The maximum Gasteiger partial charge on any atom is 0.253 e. The van der Waals surface area contributed by atoms with Crippen molar-refractivity contribution < 1.29 is 9.59 Å². The van der Waals surface area contributed by atoms with E-state index in [2.05, 4.69) is 15.7 Å². The molecule has 6 heteroatoms. The molecule has 2 amide bonds. The molecule has 0 aliphatic heterocycles. The van der Waals surface area contributed by atoms with Gasteiger partial charge in [-0.1, -0.05) is 30.3 Å². The van der Waals surface area contributed by atoms with E-state index >= 15 is 0 Å². The lowest BCUT2D eigenvalue weighted by atomic mass is 10.1. The minimum atomic E-state index is -0.354. The number of carbonyl (C=O) groups is 2. The maximum absolute atomic E-state index is 12.5. The first-order chi connectivity index (χ1) is 13.8. The van der Waals surface area contributed by atoms with Crippen LogP contribution in [0.15, 0.2) is 67.0 Å². The van der Waals surface area contributed by atoms with Crippen LogP contribution in [0.25, 0.3) is 5.69 Å². The van der Waals surface area contributed by atoms with Crippen molar-refractivity contribution in [3.05, 3.63) is 78.1 Å². The van der Waals surface area contributed by atoms with E-state index in [4.69, 9.17) is 0 Å². The Kier molecular flexibility index (Phi) is 6.12. The van der Waals surface area contributed by atoms with Crippen LogP contribution in [0.5, 0.6) is 0 Å². The van der Waals surface area contributed by atoms with Crippen molar-refractivity contribution in [2.75, 3.05) is 5.32 Å². The number of hydrogen-bond donors (Lipinski definition) is 2. The van der Waals surface area contributed by atoms with Crippen LogP contribution in [-0.4, -0.2) is 27.1 Å². The SMILES string of the molecule is CC(C)(C)NC(=O)c1ccccc1NC(=O)CCc1cnn(-c2ccccc2)c1. The molecule has 0 saturated carbocycles. The number of para-hydroxylation sites is 2. The van der Waals surface area contributed by atoms with Crippen molar-refractivity contribution in [3.8, 4) is 5.69 Å². The van der Waals surface area contributed by atoms with Crippen molar-refractivity contribution in [2.45, 2.75) is 39.2 Å². The lowest BCUT2D eigenvalue weighted by Crippen LogP contribution is -2.40. The van der Waals surface area contributed by atoms with Gasteiger partial charge in [0.25, 0.3) is 5.91 Å². The third kappa shape index (κ3) is 5.78. The third-order valence-corrected chi connectivity index (χ3v) is 4.23. The van der Waals surface area contributed by atoms with Crippen molar-refractivity contribution >= 4 is 17.5 Å². The van der Waals surface area contributed by atoms with Crippen LogP contribution in [0.1, 0.15) is 43.1 Å². The van der Waals surface area contributed by atoms with E-state index in [9.17, 15) is 9.59 Å². The topological polar surface area (TPSA) is 76.0 Å². The fraction of sp³-hybridized carbons (Fsp3) is 0.261. The monoisotopic (exact) mass is 390 g/mol. The summed E-state index contributed by atoms with van der Waals surface area (Å²) in [5.74, 6) is -0.356. The summed E-state index contributed by atoms with van der Waals surface area (Å²) in [5.41, 5.74) is 2.56. The van der Waals surface area contributed by atoms with Crippen LogP contribution in [0, 0.1) is 0 Å². The minimum absolute atomic E-state index is 0.145. The average Bonchev–Trinajstić information content (AvgIpc) is 3.15. The highest BCUT2D eigenvalue weighted by Gasteiger charge is 2.18. The van der Waals surface area contributed by atoms with Gasteiger partial charge < -0.3 is 10.6 Å². The molecule has 3 aromatic rings. The van der Waals surface area contributed by atoms with Gasteiger partial charge in [0.2, 0.25) is 5.91 Å². The lowest BCUT2D eigenvalue weighted by molar-refractivity contribution is -0.116. The molecule has 29 heavy (non-hydrogen) atoms. The largest absolute Gasteiger partial charge is 0.347 e. The highest BCUT2D eigenvalue weighted by Crippen LogP contribution is 2.17. The molecule has 150 valence electrons. The van der Waals surface area contributed by atoms with Crippen molar-refractivity contribution in [2.24, 2.45) is 0 Å². The fourth-order valence-electron chi connectivity index (χ4n) is 2.88. The summed E-state index contributed by atoms with van der Waals surface area (Å²) in [7, 11) is 0. The first-order valence-corrected chi connectivity index (χ1v) is 9.62. The number of nitrogens with zero attached hydrogens (tertiary/aromatic N) is 2. The predicted molar refractivity (Wildman–Crippen MR) is 114 cm³/mol. The van der Waals surface area contributed by atoms with Gasteiger partial charge >= 0.3 is 0 Å². The zero-order valence-electron chi connectivity index (χ0n) is 17.0. The molecule has 0 bridgehead atoms. The number of carbonyl (C=O) groups excluding carboxylic acids is 2. The Morgan fingerprint density at radius 2 is 1.69 bits per heavy atom. The minimum Gasteiger partial charge on any atom is -0.347 e. The second-order valence-corrected chi connectivity index (χ2v) is 7.93. The zero-order valence-corrected chi connectivity index (χ0v) is 17.0. The van der Waals surface area contributed by atoms with Gasteiger partial charge in [0, 0.05) is 18.2 Å². The first-order valence-electron chi connectivity index (χ1n) is 9.62. The van der Waals surface area contributed by atoms with Crippen molar-refractivity contribution in [3.63, 3.8) is 0 Å². The molecule has 0 fully saturated rings. The molecular formula is C23H26N4O2. The quantitative estimate of drug-likeness (QED) is 0.669. The van der Waals surface area contributed by atoms with E-state index in [-0.39, 0.29) is 17.4 Å². The molecule has 0 spiro atoms. The van der Waals surface area contributed by atoms with Crippen molar-refractivity contribution in [1.82, 2.24) is 15.1 Å². The molecule has 0 aliphatic rings. The molecule has 6 nitrogen and oxygen atoms in total. The third-order valence-electron chi connectivity index (χ3n) is 4.23. The van der Waals surface area contributed by atoms with E-state index in [0.717, 1.165) is 11.3 Å². The van der Waals surface area contributed by atoms with Crippen LogP contribution >= 0.6 is 0 Å². The van der Waals surface area contributed by atoms with E-state index in [1.165, 1.54) is 0 Å².